The number of carbonyl (C=O) groups is 3. The first-order chi connectivity index (χ1) is 17.0. The van der Waals surface area contributed by atoms with Crippen LogP contribution in [0.5, 0.6) is 0 Å². The Hall–Kier alpha value is -3.39. The Bertz CT molecular complexity index is 1030. The van der Waals surface area contributed by atoms with Gasteiger partial charge in [-0.1, -0.05) is 55.5 Å². The van der Waals surface area contributed by atoms with E-state index in [-0.39, 0.29) is 37.0 Å². The lowest BCUT2D eigenvalue weighted by molar-refractivity contribution is -0.149. The molecule has 2 aromatic rings. The molecule has 3 unspecified atom stereocenters. The molecule has 3 N–H and O–H groups in total. The molecule has 1 aliphatic carbocycles. The fourth-order valence-corrected chi connectivity index (χ4v) is 4.84. The molecule has 3 atom stereocenters. The Labute approximate surface area is 205 Å². The summed E-state index contributed by atoms with van der Waals surface area (Å²) in [7, 11) is 0. The molecule has 1 saturated heterocycles. The number of rotatable bonds is 10. The van der Waals surface area contributed by atoms with Crippen LogP contribution in [0, 0.1) is 0 Å². The SMILES string of the molecule is CCC(CCC(=O)NCC1CCC(C(=O)O)O1)NC(=O)OCC1c2ccccc2-c2ccccc21. The second-order valence-corrected chi connectivity index (χ2v) is 9.08. The molecule has 1 fully saturated rings. The van der Waals surface area contributed by atoms with Gasteiger partial charge in [0.05, 0.1) is 6.10 Å². The standard InChI is InChI=1S/C27H32N2O6/c1-2-17(11-14-25(30)28-15-18-12-13-24(35-18)26(31)32)29-27(33)34-16-23-21-9-5-3-7-19(21)20-8-4-6-10-22(20)23/h3-10,17-18,23-24H,2,11-16H2,1H3,(H,28,30)(H,29,33)(H,31,32). The largest absolute Gasteiger partial charge is 0.479 e. The molecule has 186 valence electrons. The van der Waals surface area contributed by atoms with Crippen molar-refractivity contribution in [1.29, 1.82) is 0 Å². The van der Waals surface area contributed by atoms with Crippen LogP contribution in [-0.4, -0.2) is 54.5 Å². The summed E-state index contributed by atoms with van der Waals surface area (Å²) in [4.78, 5) is 35.7. The Morgan fingerprint density at radius 2 is 1.71 bits per heavy atom. The molecule has 8 heteroatoms. The zero-order valence-corrected chi connectivity index (χ0v) is 19.9. The predicted octanol–water partition coefficient (Wildman–Crippen LogP) is 3.83. The van der Waals surface area contributed by atoms with E-state index in [2.05, 4.69) is 34.9 Å². The van der Waals surface area contributed by atoms with Crippen LogP contribution in [0.15, 0.2) is 48.5 Å². The average Bonchev–Trinajstić information content (AvgIpc) is 3.47. The summed E-state index contributed by atoms with van der Waals surface area (Å²) in [5, 5.41) is 14.7. The van der Waals surface area contributed by atoms with Gasteiger partial charge in [0, 0.05) is 24.9 Å². The number of aliphatic carboxylic acids is 1. The lowest BCUT2D eigenvalue weighted by atomic mass is 9.98. The first-order valence-electron chi connectivity index (χ1n) is 12.2. The van der Waals surface area contributed by atoms with Crippen LogP contribution in [-0.2, 0) is 19.1 Å². The highest BCUT2D eigenvalue weighted by molar-refractivity contribution is 5.79. The molecule has 0 saturated carbocycles. The van der Waals surface area contributed by atoms with Crippen LogP contribution in [0.2, 0.25) is 0 Å². The maximum atomic E-state index is 12.5. The van der Waals surface area contributed by atoms with E-state index in [1.807, 2.05) is 31.2 Å². The number of fused-ring (bicyclic) bond motifs is 3. The number of hydrogen-bond acceptors (Lipinski definition) is 5. The van der Waals surface area contributed by atoms with E-state index < -0.39 is 18.2 Å². The number of nitrogens with one attached hydrogen (secondary N) is 2. The summed E-state index contributed by atoms with van der Waals surface area (Å²) in [6, 6.07) is 16.2. The van der Waals surface area contributed by atoms with Crippen molar-refractivity contribution in [3.05, 3.63) is 59.7 Å². The zero-order chi connectivity index (χ0) is 24.8. The van der Waals surface area contributed by atoms with E-state index in [0.29, 0.717) is 32.2 Å². The topological polar surface area (TPSA) is 114 Å². The summed E-state index contributed by atoms with van der Waals surface area (Å²) in [5.74, 6) is -1.12. The van der Waals surface area contributed by atoms with Crippen LogP contribution < -0.4 is 10.6 Å². The van der Waals surface area contributed by atoms with Gasteiger partial charge in [-0.05, 0) is 47.9 Å². The van der Waals surface area contributed by atoms with Crippen molar-refractivity contribution >= 4 is 18.0 Å². The van der Waals surface area contributed by atoms with Gasteiger partial charge in [0.1, 0.15) is 6.61 Å². The number of amides is 2. The summed E-state index contributed by atoms with van der Waals surface area (Å²) in [5.41, 5.74) is 4.67. The van der Waals surface area contributed by atoms with Crippen LogP contribution in [0.4, 0.5) is 4.79 Å². The van der Waals surface area contributed by atoms with E-state index in [1.54, 1.807) is 0 Å². The predicted molar refractivity (Wildman–Crippen MR) is 130 cm³/mol. The fourth-order valence-electron chi connectivity index (χ4n) is 4.84. The average molecular weight is 481 g/mol. The maximum Gasteiger partial charge on any atom is 0.407 e. The van der Waals surface area contributed by atoms with Crippen LogP contribution in [0.3, 0.4) is 0 Å². The van der Waals surface area contributed by atoms with E-state index in [9.17, 15) is 14.4 Å². The second-order valence-electron chi connectivity index (χ2n) is 9.08. The zero-order valence-electron chi connectivity index (χ0n) is 19.9. The van der Waals surface area contributed by atoms with Crippen molar-refractivity contribution in [2.75, 3.05) is 13.2 Å². The Kier molecular flexibility index (Phi) is 8.02. The van der Waals surface area contributed by atoms with Crippen molar-refractivity contribution in [2.24, 2.45) is 0 Å². The Morgan fingerprint density at radius 3 is 2.31 bits per heavy atom. The van der Waals surface area contributed by atoms with E-state index >= 15 is 0 Å². The highest BCUT2D eigenvalue weighted by Gasteiger charge is 2.31. The molecule has 1 aliphatic heterocycles. The molecule has 2 amide bonds. The van der Waals surface area contributed by atoms with Crippen molar-refractivity contribution in [2.45, 2.75) is 63.2 Å². The summed E-state index contributed by atoms with van der Waals surface area (Å²) >= 11 is 0. The van der Waals surface area contributed by atoms with E-state index in [1.165, 1.54) is 11.1 Å². The lowest BCUT2D eigenvalue weighted by Crippen LogP contribution is -2.37. The number of benzene rings is 2. The van der Waals surface area contributed by atoms with Gasteiger partial charge in [-0.15, -0.1) is 0 Å². The third-order valence-corrected chi connectivity index (χ3v) is 6.79. The molecule has 0 spiro atoms. The second kappa shape index (κ2) is 11.4. The minimum Gasteiger partial charge on any atom is -0.479 e. The third kappa shape index (κ3) is 6.00. The molecule has 0 radical (unpaired) electrons. The molecule has 8 nitrogen and oxygen atoms in total. The molecule has 1 heterocycles. The highest BCUT2D eigenvalue weighted by atomic mass is 16.5. The molecule has 4 rings (SSSR count). The minimum atomic E-state index is -0.969. The molecule has 2 aromatic carbocycles. The molecule has 35 heavy (non-hydrogen) atoms. The molecule has 0 aromatic heterocycles. The number of carboxylic acids is 1. The highest BCUT2D eigenvalue weighted by Crippen LogP contribution is 2.44. The molecule has 2 aliphatic rings. The van der Waals surface area contributed by atoms with Gasteiger partial charge in [-0.3, -0.25) is 4.79 Å². The Morgan fingerprint density at radius 1 is 1.06 bits per heavy atom. The summed E-state index contributed by atoms with van der Waals surface area (Å²) in [6.07, 6.45) is 0.911. The lowest BCUT2D eigenvalue weighted by Gasteiger charge is -2.19. The monoisotopic (exact) mass is 480 g/mol. The summed E-state index contributed by atoms with van der Waals surface area (Å²) in [6.45, 7) is 2.49. The van der Waals surface area contributed by atoms with Gasteiger partial charge >= 0.3 is 12.1 Å². The van der Waals surface area contributed by atoms with Gasteiger partial charge < -0.3 is 25.2 Å². The fraction of sp³-hybridized carbons (Fsp3) is 0.444. The number of carbonyl (C=O) groups excluding carboxylic acids is 2. The normalized spacial score (nSPS) is 19.5. The van der Waals surface area contributed by atoms with Gasteiger partial charge in [-0.25, -0.2) is 9.59 Å². The van der Waals surface area contributed by atoms with Gasteiger partial charge in [0.25, 0.3) is 0 Å². The van der Waals surface area contributed by atoms with Gasteiger partial charge in [0.15, 0.2) is 6.10 Å². The Balaban J connectivity index is 1.21. The minimum absolute atomic E-state index is 0.00228. The maximum absolute atomic E-state index is 12.5. The smallest absolute Gasteiger partial charge is 0.407 e. The van der Waals surface area contributed by atoms with Crippen molar-refractivity contribution in [3.8, 4) is 11.1 Å². The number of hydrogen-bond donors (Lipinski definition) is 3. The first kappa shape index (κ1) is 24.7. The van der Waals surface area contributed by atoms with Gasteiger partial charge in [0.2, 0.25) is 5.91 Å². The van der Waals surface area contributed by atoms with E-state index in [0.717, 1.165) is 11.1 Å². The van der Waals surface area contributed by atoms with Crippen molar-refractivity contribution < 1.29 is 29.0 Å². The molecular weight excluding hydrogens is 448 g/mol. The van der Waals surface area contributed by atoms with Gasteiger partial charge in [-0.2, -0.15) is 0 Å². The van der Waals surface area contributed by atoms with Crippen molar-refractivity contribution in [3.63, 3.8) is 0 Å². The molecule has 0 bridgehead atoms. The van der Waals surface area contributed by atoms with E-state index in [4.69, 9.17) is 14.6 Å². The quantitative estimate of drug-likeness (QED) is 0.476. The summed E-state index contributed by atoms with van der Waals surface area (Å²) < 4.78 is 11.0. The number of ether oxygens (including phenoxy) is 2. The first-order valence-corrected chi connectivity index (χ1v) is 12.2. The molecular formula is C27H32N2O6. The number of carboxylic acid groups (broad SMARTS) is 1. The van der Waals surface area contributed by atoms with Crippen LogP contribution >= 0.6 is 0 Å². The number of alkyl carbamates (subject to hydrolysis) is 1. The van der Waals surface area contributed by atoms with Crippen LogP contribution in [0.1, 0.15) is 56.1 Å². The van der Waals surface area contributed by atoms with Crippen molar-refractivity contribution in [1.82, 2.24) is 10.6 Å². The third-order valence-electron chi connectivity index (χ3n) is 6.79. The van der Waals surface area contributed by atoms with Crippen LogP contribution in [0.25, 0.3) is 11.1 Å².